The van der Waals surface area contributed by atoms with Crippen molar-refractivity contribution in [2.24, 2.45) is 0 Å². The van der Waals surface area contributed by atoms with Gasteiger partial charge < -0.3 is 15.2 Å². The Morgan fingerprint density at radius 2 is 2.22 bits per heavy atom. The van der Waals surface area contributed by atoms with Crippen LogP contribution in [0.25, 0.3) is 11.0 Å². The maximum atomic E-state index is 10.3. The summed E-state index contributed by atoms with van der Waals surface area (Å²) in [5.74, 6) is 1.77. The van der Waals surface area contributed by atoms with Crippen molar-refractivity contribution >= 4 is 28.8 Å². The van der Waals surface area contributed by atoms with Gasteiger partial charge in [0.2, 0.25) is 0 Å². The molecule has 0 saturated heterocycles. The molecule has 0 amide bonds. The number of hydrogen-bond acceptors (Lipinski definition) is 4. The first kappa shape index (κ1) is 12.8. The molecule has 6 heteroatoms. The highest BCUT2D eigenvalue weighted by atomic mass is 32.2. The molecule has 0 bridgehead atoms. The second kappa shape index (κ2) is 5.77. The van der Waals surface area contributed by atoms with E-state index in [0.717, 1.165) is 29.0 Å². The standard InChI is InChI=1S/C12H14N2O3S/c15-8-1-2-9-10(7-8)14-11(13-9)3-5-18-6-4-12(16)17/h1-2,7,15H,3-6H2,(H,13,14)(H,16,17). The van der Waals surface area contributed by atoms with E-state index in [-0.39, 0.29) is 12.2 Å². The molecule has 0 saturated carbocycles. The van der Waals surface area contributed by atoms with Crippen molar-refractivity contribution in [2.45, 2.75) is 12.8 Å². The summed E-state index contributed by atoms with van der Waals surface area (Å²) in [5.41, 5.74) is 1.65. The minimum absolute atomic E-state index is 0.193. The summed E-state index contributed by atoms with van der Waals surface area (Å²) in [6.07, 6.45) is 0.957. The number of hydrogen-bond donors (Lipinski definition) is 3. The number of thioether (sulfide) groups is 1. The zero-order valence-electron chi connectivity index (χ0n) is 9.72. The van der Waals surface area contributed by atoms with Crippen molar-refractivity contribution in [3.05, 3.63) is 24.0 Å². The fourth-order valence-electron chi connectivity index (χ4n) is 1.60. The summed E-state index contributed by atoms with van der Waals surface area (Å²) in [5, 5.41) is 17.8. The van der Waals surface area contributed by atoms with E-state index in [1.54, 1.807) is 30.0 Å². The Bertz CT molecular complexity index is 553. The number of benzene rings is 1. The smallest absolute Gasteiger partial charge is 0.304 e. The van der Waals surface area contributed by atoms with Gasteiger partial charge in [0.1, 0.15) is 11.6 Å². The predicted octanol–water partition coefficient (Wildman–Crippen LogP) is 2.02. The number of fused-ring (bicyclic) bond motifs is 1. The zero-order chi connectivity index (χ0) is 13.0. The molecule has 3 N–H and O–H groups in total. The lowest BCUT2D eigenvalue weighted by Gasteiger charge is -1.97. The Hall–Kier alpha value is -1.69. The van der Waals surface area contributed by atoms with Gasteiger partial charge in [0.25, 0.3) is 0 Å². The molecule has 0 atom stereocenters. The van der Waals surface area contributed by atoms with Crippen LogP contribution in [0.5, 0.6) is 5.75 Å². The summed E-state index contributed by atoms with van der Waals surface area (Å²) in [7, 11) is 0. The first-order chi connectivity index (χ1) is 8.65. The van der Waals surface area contributed by atoms with Gasteiger partial charge in [0.15, 0.2) is 0 Å². The first-order valence-corrected chi connectivity index (χ1v) is 6.78. The number of nitrogens with one attached hydrogen (secondary N) is 1. The number of nitrogens with zero attached hydrogens (tertiary/aromatic N) is 1. The lowest BCUT2D eigenvalue weighted by Crippen LogP contribution is -1.98. The fraction of sp³-hybridized carbons (Fsp3) is 0.333. The van der Waals surface area contributed by atoms with E-state index in [9.17, 15) is 9.90 Å². The van der Waals surface area contributed by atoms with Crippen LogP contribution >= 0.6 is 11.8 Å². The minimum atomic E-state index is -0.762. The summed E-state index contributed by atoms with van der Waals surface area (Å²) in [6, 6.07) is 5.01. The van der Waals surface area contributed by atoms with Crippen LogP contribution in [0.1, 0.15) is 12.2 Å². The number of rotatable bonds is 6. The number of aromatic amines is 1. The number of aromatic hydroxyl groups is 1. The average Bonchev–Trinajstić information content (AvgIpc) is 2.70. The molecule has 0 radical (unpaired) electrons. The highest BCUT2D eigenvalue weighted by molar-refractivity contribution is 7.99. The number of aliphatic carboxylic acids is 1. The third-order valence-electron chi connectivity index (χ3n) is 2.46. The third kappa shape index (κ3) is 3.40. The third-order valence-corrected chi connectivity index (χ3v) is 3.44. The first-order valence-electron chi connectivity index (χ1n) is 5.62. The number of carboxylic acid groups (broad SMARTS) is 1. The maximum absolute atomic E-state index is 10.3. The molecule has 1 aromatic carbocycles. The van der Waals surface area contributed by atoms with Gasteiger partial charge in [-0.3, -0.25) is 4.79 Å². The van der Waals surface area contributed by atoms with Crippen molar-refractivity contribution in [3.8, 4) is 5.75 Å². The zero-order valence-corrected chi connectivity index (χ0v) is 10.5. The Balaban J connectivity index is 1.86. The molecular weight excluding hydrogens is 252 g/mol. The molecular formula is C12H14N2O3S. The van der Waals surface area contributed by atoms with Gasteiger partial charge in [-0.1, -0.05) is 0 Å². The summed E-state index contributed by atoms with van der Waals surface area (Å²) >= 11 is 1.60. The van der Waals surface area contributed by atoms with Crippen molar-refractivity contribution < 1.29 is 15.0 Å². The van der Waals surface area contributed by atoms with Crippen LogP contribution in [0.3, 0.4) is 0 Å². The van der Waals surface area contributed by atoms with E-state index in [1.165, 1.54) is 0 Å². The van der Waals surface area contributed by atoms with Gasteiger partial charge in [0, 0.05) is 24.0 Å². The molecule has 0 aliphatic rings. The quantitative estimate of drug-likeness (QED) is 0.696. The molecule has 18 heavy (non-hydrogen) atoms. The van der Waals surface area contributed by atoms with Gasteiger partial charge in [-0.25, -0.2) is 4.98 Å². The van der Waals surface area contributed by atoms with Crippen LogP contribution in [0, 0.1) is 0 Å². The average molecular weight is 266 g/mol. The van der Waals surface area contributed by atoms with Crippen LogP contribution in [0.4, 0.5) is 0 Å². The molecule has 1 aromatic heterocycles. The van der Waals surface area contributed by atoms with Gasteiger partial charge in [-0.05, 0) is 12.1 Å². The van der Waals surface area contributed by atoms with Crippen molar-refractivity contribution in [3.63, 3.8) is 0 Å². The van der Waals surface area contributed by atoms with Gasteiger partial charge in [-0.2, -0.15) is 11.8 Å². The molecule has 96 valence electrons. The Morgan fingerprint density at radius 1 is 1.39 bits per heavy atom. The van der Waals surface area contributed by atoms with E-state index in [1.807, 2.05) is 0 Å². The Morgan fingerprint density at radius 3 is 3.00 bits per heavy atom. The summed E-state index contributed by atoms with van der Waals surface area (Å²) in [4.78, 5) is 17.9. The number of H-pyrrole nitrogens is 1. The summed E-state index contributed by atoms with van der Waals surface area (Å²) in [6.45, 7) is 0. The molecule has 1 heterocycles. The molecule has 0 aliphatic heterocycles. The van der Waals surface area contributed by atoms with Gasteiger partial charge in [0.05, 0.1) is 17.5 Å². The second-order valence-electron chi connectivity index (χ2n) is 3.89. The molecule has 2 rings (SSSR count). The number of aromatic nitrogens is 2. The number of carboxylic acids is 1. The number of imidazole rings is 1. The molecule has 0 spiro atoms. The molecule has 0 aliphatic carbocycles. The van der Waals surface area contributed by atoms with E-state index >= 15 is 0 Å². The normalized spacial score (nSPS) is 10.9. The molecule has 0 unspecified atom stereocenters. The number of carbonyl (C=O) groups is 1. The number of phenolic OH excluding ortho intramolecular Hbond substituents is 1. The van der Waals surface area contributed by atoms with Crippen molar-refractivity contribution in [1.29, 1.82) is 0 Å². The van der Waals surface area contributed by atoms with Crippen LogP contribution in [0.2, 0.25) is 0 Å². The number of phenols is 1. The molecule has 5 nitrogen and oxygen atoms in total. The topological polar surface area (TPSA) is 86.2 Å². The predicted molar refractivity (Wildman–Crippen MR) is 71.0 cm³/mol. The van der Waals surface area contributed by atoms with E-state index in [2.05, 4.69) is 9.97 Å². The largest absolute Gasteiger partial charge is 0.508 e. The highest BCUT2D eigenvalue weighted by Crippen LogP contribution is 2.18. The van der Waals surface area contributed by atoms with E-state index in [0.29, 0.717) is 5.75 Å². The second-order valence-corrected chi connectivity index (χ2v) is 5.12. The maximum Gasteiger partial charge on any atom is 0.304 e. The van der Waals surface area contributed by atoms with E-state index < -0.39 is 5.97 Å². The lowest BCUT2D eigenvalue weighted by molar-refractivity contribution is -0.136. The fourth-order valence-corrected chi connectivity index (χ4v) is 2.46. The van der Waals surface area contributed by atoms with Crippen LogP contribution in [-0.2, 0) is 11.2 Å². The van der Waals surface area contributed by atoms with Crippen LogP contribution in [-0.4, -0.2) is 37.7 Å². The summed E-state index contributed by atoms with van der Waals surface area (Å²) < 4.78 is 0. The van der Waals surface area contributed by atoms with Gasteiger partial charge in [-0.15, -0.1) is 0 Å². The van der Waals surface area contributed by atoms with Gasteiger partial charge >= 0.3 is 5.97 Å². The van der Waals surface area contributed by atoms with Crippen molar-refractivity contribution in [1.82, 2.24) is 9.97 Å². The lowest BCUT2D eigenvalue weighted by atomic mass is 10.3. The molecule has 0 fully saturated rings. The minimum Gasteiger partial charge on any atom is -0.508 e. The van der Waals surface area contributed by atoms with E-state index in [4.69, 9.17) is 5.11 Å². The monoisotopic (exact) mass is 266 g/mol. The van der Waals surface area contributed by atoms with Crippen LogP contribution < -0.4 is 0 Å². The highest BCUT2D eigenvalue weighted by Gasteiger charge is 2.04. The number of aryl methyl sites for hydroxylation is 1. The Kier molecular flexibility index (Phi) is 4.09. The molecule has 2 aromatic rings. The van der Waals surface area contributed by atoms with Crippen molar-refractivity contribution in [2.75, 3.05) is 11.5 Å². The Labute approximate surface area is 108 Å². The van der Waals surface area contributed by atoms with Crippen LogP contribution in [0.15, 0.2) is 18.2 Å². The SMILES string of the molecule is O=C(O)CCSCCc1nc2ccc(O)cc2[nH]1.